The van der Waals surface area contributed by atoms with Gasteiger partial charge < -0.3 is 14.3 Å². The van der Waals surface area contributed by atoms with Gasteiger partial charge in [0.15, 0.2) is 6.29 Å². The number of carbonyl (C=O) groups is 1. The van der Waals surface area contributed by atoms with Gasteiger partial charge in [0, 0.05) is 6.61 Å². The van der Waals surface area contributed by atoms with Crippen molar-refractivity contribution >= 4 is 6.29 Å². The van der Waals surface area contributed by atoms with E-state index in [4.69, 9.17) is 9.47 Å². The van der Waals surface area contributed by atoms with E-state index in [2.05, 4.69) is 0 Å². The van der Waals surface area contributed by atoms with E-state index >= 15 is 0 Å². The van der Waals surface area contributed by atoms with Crippen LogP contribution in [-0.2, 0) is 14.3 Å². The van der Waals surface area contributed by atoms with Crippen LogP contribution >= 0.6 is 0 Å². The third kappa shape index (κ3) is 1.67. The van der Waals surface area contributed by atoms with E-state index in [1.807, 2.05) is 0 Å². The molecule has 0 saturated carbocycles. The van der Waals surface area contributed by atoms with Crippen LogP contribution in [0.2, 0.25) is 0 Å². The summed E-state index contributed by atoms with van der Waals surface area (Å²) in [5, 5.41) is 0. The van der Waals surface area contributed by atoms with E-state index in [9.17, 15) is 4.79 Å². The second-order valence-corrected chi connectivity index (χ2v) is 3.63. The SMILES string of the molecule is O=CC1(CCC2CO2)CCCO1. The van der Waals surface area contributed by atoms with Crippen molar-refractivity contribution < 1.29 is 14.3 Å². The molecular weight excluding hydrogens is 156 g/mol. The lowest BCUT2D eigenvalue weighted by atomic mass is 9.95. The minimum absolute atomic E-state index is 0.408. The second-order valence-electron chi connectivity index (χ2n) is 3.63. The summed E-state index contributed by atoms with van der Waals surface area (Å²) in [7, 11) is 0. The third-order valence-corrected chi connectivity index (χ3v) is 2.64. The monoisotopic (exact) mass is 170 g/mol. The maximum atomic E-state index is 10.8. The van der Waals surface area contributed by atoms with Crippen LogP contribution in [0.1, 0.15) is 25.7 Å². The molecule has 0 bridgehead atoms. The summed E-state index contributed by atoms with van der Waals surface area (Å²) in [5.74, 6) is 0. The summed E-state index contributed by atoms with van der Waals surface area (Å²) in [5.41, 5.74) is -0.452. The Morgan fingerprint density at radius 2 is 2.42 bits per heavy atom. The lowest BCUT2D eigenvalue weighted by molar-refractivity contribution is -0.126. The first-order valence-corrected chi connectivity index (χ1v) is 4.57. The first-order valence-electron chi connectivity index (χ1n) is 4.57. The van der Waals surface area contributed by atoms with Crippen LogP contribution in [0.4, 0.5) is 0 Å². The third-order valence-electron chi connectivity index (χ3n) is 2.64. The van der Waals surface area contributed by atoms with Gasteiger partial charge in [0.1, 0.15) is 5.60 Å². The molecule has 0 amide bonds. The highest BCUT2D eigenvalue weighted by molar-refractivity contribution is 5.62. The summed E-state index contributed by atoms with van der Waals surface area (Å²) in [6.07, 6.45) is 5.10. The van der Waals surface area contributed by atoms with Crippen LogP contribution in [0, 0.1) is 0 Å². The van der Waals surface area contributed by atoms with E-state index < -0.39 is 5.60 Å². The Labute approximate surface area is 72.0 Å². The van der Waals surface area contributed by atoms with Gasteiger partial charge in [0.05, 0.1) is 12.7 Å². The predicted molar refractivity (Wildman–Crippen MR) is 43.0 cm³/mol. The topological polar surface area (TPSA) is 38.8 Å². The molecule has 2 aliphatic rings. The summed E-state index contributed by atoms with van der Waals surface area (Å²) in [6, 6.07) is 0. The molecular formula is C9H14O3. The van der Waals surface area contributed by atoms with Gasteiger partial charge in [-0.05, 0) is 25.7 Å². The highest BCUT2D eigenvalue weighted by atomic mass is 16.6. The molecule has 0 aromatic rings. The largest absolute Gasteiger partial charge is 0.373 e. The number of aldehydes is 1. The molecule has 0 N–H and O–H groups in total. The molecule has 2 aliphatic heterocycles. The van der Waals surface area contributed by atoms with Crippen molar-refractivity contribution in [3.8, 4) is 0 Å². The van der Waals surface area contributed by atoms with Gasteiger partial charge in [-0.2, -0.15) is 0 Å². The first kappa shape index (κ1) is 8.20. The van der Waals surface area contributed by atoms with Crippen LogP contribution in [0.3, 0.4) is 0 Å². The van der Waals surface area contributed by atoms with E-state index in [-0.39, 0.29) is 0 Å². The van der Waals surface area contributed by atoms with Gasteiger partial charge in [-0.15, -0.1) is 0 Å². The Hall–Kier alpha value is -0.410. The number of hydrogen-bond donors (Lipinski definition) is 0. The predicted octanol–water partition coefficient (Wildman–Crippen LogP) is 0.913. The average Bonchev–Trinajstić information content (AvgIpc) is 2.82. The Morgan fingerprint density at radius 1 is 1.58 bits per heavy atom. The van der Waals surface area contributed by atoms with Crippen LogP contribution in [0.5, 0.6) is 0 Å². The fourth-order valence-corrected chi connectivity index (χ4v) is 1.71. The van der Waals surface area contributed by atoms with Crippen molar-refractivity contribution in [3.63, 3.8) is 0 Å². The van der Waals surface area contributed by atoms with Crippen LogP contribution in [0.25, 0.3) is 0 Å². The first-order chi connectivity index (χ1) is 5.85. The van der Waals surface area contributed by atoms with Crippen molar-refractivity contribution in [2.24, 2.45) is 0 Å². The number of ether oxygens (including phenoxy) is 2. The van der Waals surface area contributed by atoms with Crippen LogP contribution in [-0.4, -0.2) is 31.2 Å². The molecule has 2 atom stereocenters. The van der Waals surface area contributed by atoms with Crippen LogP contribution < -0.4 is 0 Å². The summed E-state index contributed by atoms with van der Waals surface area (Å²) >= 11 is 0. The second kappa shape index (κ2) is 3.15. The Morgan fingerprint density at radius 3 is 2.92 bits per heavy atom. The zero-order valence-corrected chi connectivity index (χ0v) is 7.12. The van der Waals surface area contributed by atoms with E-state index in [1.165, 1.54) is 0 Å². The zero-order valence-electron chi connectivity index (χ0n) is 7.12. The highest BCUT2D eigenvalue weighted by Gasteiger charge is 2.36. The van der Waals surface area contributed by atoms with E-state index in [1.54, 1.807) is 0 Å². The van der Waals surface area contributed by atoms with Crippen LogP contribution in [0.15, 0.2) is 0 Å². The normalized spacial score (nSPS) is 39.8. The van der Waals surface area contributed by atoms with E-state index in [0.29, 0.717) is 6.10 Å². The lowest BCUT2D eigenvalue weighted by Crippen LogP contribution is -2.29. The minimum atomic E-state index is -0.452. The summed E-state index contributed by atoms with van der Waals surface area (Å²) < 4.78 is 10.5. The number of epoxide rings is 1. The molecule has 0 spiro atoms. The van der Waals surface area contributed by atoms with E-state index in [0.717, 1.165) is 45.2 Å². The van der Waals surface area contributed by atoms with Gasteiger partial charge >= 0.3 is 0 Å². The van der Waals surface area contributed by atoms with Gasteiger partial charge in [0.25, 0.3) is 0 Å². The molecule has 2 rings (SSSR count). The zero-order chi connectivity index (χ0) is 8.44. The minimum Gasteiger partial charge on any atom is -0.373 e. The van der Waals surface area contributed by atoms with Gasteiger partial charge in [0.2, 0.25) is 0 Å². The quantitative estimate of drug-likeness (QED) is 0.465. The number of rotatable bonds is 4. The molecule has 0 aliphatic carbocycles. The van der Waals surface area contributed by atoms with Crippen molar-refractivity contribution in [1.29, 1.82) is 0 Å². The molecule has 68 valence electrons. The highest BCUT2D eigenvalue weighted by Crippen LogP contribution is 2.30. The van der Waals surface area contributed by atoms with Crippen molar-refractivity contribution in [3.05, 3.63) is 0 Å². The fraction of sp³-hybridized carbons (Fsp3) is 0.889. The van der Waals surface area contributed by atoms with Crippen molar-refractivity contribution in [2.45, 2.75) is 37.4 Å². The Bertz CT molecular complexity index is 169. The standard InChI is InChI=1S/C9H14O3/c10-7-9(3-1-5-12-9)4-2-8-6-11-8/h7-8H,1-6H2. The Kier molecular flexibility index (Phi) is 2.15. The molecule has 2 unspecified atom stereocenters. The van der Waals surface area contributed by atoms with Crippen molar-refractivity contribution in [1.82, 2.24) is 0 Å². The lowest BCUT2D eigenvalue weighted by Gasteiger charge is -2.20. The fourth-order valence-electron chi connectivity index (χ4n) is 1.71. The maximum absolute atomic E-state index is 10.8. The molecule has 0 radical (unpaired) electrons. The van der Waals surface area contributed by atoms with Gasteiger partial charge in [-0.25, -0.2) is 0 Å². The van der Waals surface area contributed by atoms with Gasteiger partial charge in [-0.3, -0.25) is 0 Å². The summed E-state index contributed by atoms with van der Waals surface area (Å²) in [6.45, 7) is 1.61. The number of hydrogen-bond acceptors (Lipinski definition) is 3. The average molecular weight is 170 g/mol. The molecule has 3 heteroatoms. The molecule has 2 heterocycles. The van der Waals surface area contributed by atoms with Crippen molar-refractivity contribution in [2.75, 3.05) is 13.2 Å². The molecule has 0 aromatic carbocycles. The maximum Gasteiger partial charge on any atom is 0.151 e. The smallest absolute Gasteiger partial charge is 0.151 e. The number of carbonyl (C=O) groups excluding carboxylic acids is 1. The molecule has 3 nitrogen and oxygen atoms in total. The summed E-state index contributed by atoms with van der Waals surface area (Å²) in [4.78, 5) is 10.8. The Balaban J connectivity index is 1.83. The molecule has 0 aromatic heterocycles. The molecule has 2 fully saturated rings. The molecule has 2 saturated heterocycles. The van der Waals surface area contributed by atoms with Gasteiger partial charge in [-0.1, -0.05) is 0 Å². The molecule has 12 heavy (non-hydrogen) atoms.